The van der Waals surface area contributed by atoms with Crippen LogP contribution >= 0.6 is 0 Å². The first-order valence-corrected chi connectivity index (χ1v) is 9.73. The normalized spacial score (nSPS) is 29.0. The minimum atomic E-state index is -0.294. The highest BCUT2D eigenvalue weighted by molar-refractivity contribution is 5.54. The number of aliphatic hydroxyl groups excluding tert-OH is 1. The number of hydrogen-bond acceptors (Lipinski definition) is 6. The maximum Gasteiger partial charge on any atom is 0.227 e. The van der Waals surface area contributed by atoms with Crippen LogP contribution < -0.4 is 10.2 Å². The quantitative estimate of drug-likeness (QED) is 0.765. The van der Waals surface area contributed by atoms with Crippen molar-refractivity contribution in [1.82, 2.24) is 20.2 Å². The van der Waals surface area contributed by atoms with Gasteiger partial charge in [0.05, 0.1) is 6.10 Å². The molecule has 2 aromatic heterocycles. The van der Waals surface area contributed by atoms with Gasteiger partial charge < -0.3 is 15.3 Å². The Kier molecular flexibility index (Phi) is 3.67. The van der Waals surface area contributed by atoms with E-state index in [1.165, 1.54) is 18.5 Å². The highest BCUT2D eigenvalue weighted by Crippen LogP contribution is 2.47. The van der Waals surface area contributed by atoms with Gasteiger partial charge in [-0.25, -0.2) is 4.98 Å². The summed E-state index contributed by atoms with van der Waals surface area (Å²) in [5.74, 6) is 2.97. The van der Waals surface area contributed by atoms with E-state index in [1.54, 1.807) is 6.20 Å². The third-order valence-electron chi connectivity index (χ3n) is 6.53. The van der Waals surface area contributed by atoms with E-state index in [0.717, 1.165) is 49.8 Å². The summed E-state index contributed by atoms with van der Waals surface area (Å²) in [5, 5.41) is 21.1. The van der Waals surface area contributed by atoms with Crippen LogP contribution in [0.25, 0.3) is 0 Å². The van der Waals surface area contributed by atoms with Crippen LogP contribution in [0.1, 0.15) is 57.1 Å². The minimum absolute atomic E-state index is 0.0110. The van der Waals surface area contributed by atoms with Crippen molar-refractivity contribution in [2.75, 3.05) is 16.8 Å². The molecule has 4 aliphatic rings. The molecule has 26 heavy (non-hydrogen) atoms. The third kappa shape index (κ3) is 2.74. The van der Waals surface area contributed by atoms with Gasteiger partial charge in [0.2, 0.25) is 5.95 Å². The van der Waals surface area contributed by atoms with E-state index in [0.29, 0.717) is 12.0 Å². The Morgan fingerprint density at radius 3 is 2.81 bits per heavy atom. The summed E-state index contributed by atoms with van der Waals surface area (Å²) in [4.78, 5) is 11.6. The standard InChI is InChI=1S/C19H26N6O/c1-12(26)19-7-4-14(5-8-19)25(11-19)18-20-9-6-16(22-18)21-17-10-15(23-24-17)13-2-3-13/h6,9-10,12-14,26H,2-5,7-8,11H2,1H3,(H2,20,21,22,23,24). The molecule has 1 unspecified atom stereocenters. The van der Waals surface area contributed by atoms with Gasteiger partial charge >= 0.3 is 0 Å². The summed E-state index contributed by atoms with van der Waals surface area (Å²) < 4.78 is 0. The van der Waals surface area contributed by atoms with Gasteiger partial charge in [0.1, 0.15) is 5.82 Å². The van der Waals surface area contributed by atoms with Crippen molar-refractivity contribution in [2.45, 2.75) is 63.5 Å². The maximum atomic E-state index is 10.3. The van der Waals surface area contributed by atoms with E-state index in [4.69, 9.17) is 4.98 Å². The van der Waals surface area contributed by atoms with E-state index < -0.39 is 0 Å². The van der Waals surface area contributed by atoms with Gasteiger partial charge in [0, 0.05) is 41.9 Å². The van der Waals surface area contributed by atoms with E-state index >= 15 is 0 Å². The van der Waals surface area contributed by atoms with E-state index in [2.05, 4.69) is 31.5 Å². The molecule has 2 aliphatic heterocycles. The first-order chi connectivity index (χ1) is 12.6. The van der Waals surface area contributed by atoms with Crippen LogP contribution in [-0.2, 0) is 0 Å². The molecule has 2 aliphatic carbocycles. The molecule has 2 saturated heterocycles. The Balaban J connectivity index is 1.36. The lowest BCUT2D eigenvalue weighted by Gasteiger charge is -2.54. The van der Waals surface area contributed by atoms with Crippen molar-refractivity contribution in [3.8, 4) is 0 Å². The van der Waals surface area contributed by atoms with Gasteiger partial charge in [-0.2, -0.15) is 10.1 Å². The van der Waals surface area contributed by atoms with Crippen LogP contribution in [0.2, 0.25) is 0 Å². The minimum Gasteiger partial charge on any atom is -0.393 e. The molecule has 7 heteroatoms. The Labute approximate surface area is 153 Å². The molecule has 0 radical (unpaired) electrons. The summed E-state index contributed by atoms with van der Waals surface area (Å²) in [6.45, 7) is 2.77. The lowest BCUT2D eigenvalue weighted by Crippen LogP contribution is -2.58. The van der Waals surface area contributed by atoms with Gasteiger partial charge in [-0.1, -0.05) is 0 Å². The molecule has 0 aromatic carbocycles. The number of nitrogens with zero attached hydrogens (tertiary/aromatic N) is 4. The van der Waals surface area contributed by atoms with Crippen molar-refractivity contribution < 1.29 is 5.11 Å². The molecule has 4 fully saturated rings. The summed E-state index contributed by atoms with van der Waals surface area (Å²) in [7, 11) is 0. The topological polar surface area (TPSA) is 90.0 Å². The van der Waals surface area contributed by atoms with E-state index in [9.17, 15) is 5.11 Å². The molecule has 2 bridgehead atoms. The van der Waals surface area contributed by atoms with Crippen LogP contribution in [0, 0.1) is 5.41 Å². The second-order valence-corrected chi connectivity index (χ2v) is 8.25. The summed E-state index contributed by atoms with van der Waals surface area (Å²) >= 11 is 0. The van der Waals surface area contributed by atoms with Gasteiger partial charge in [0.25, 0.3) is 0 Å². The average molecular weight is 354 g/mol. The zero-order valence-corrected chi connectivity index (χ0v) is 15.1. The lowest BCUT2D eigenvalue weighted by atomic mass is 9.65. The molecule has 3 N–H and O–H groups in total. The first kappa shape index (κ1) is 16.1. The molecule has 0 amide bonds. The Hall–Kier alpha value is -2.15. The van der Waals surface area contributed by atoms with Gasteiger partial charge in [0.15, 0.2) is 5.82 Å². The van der Waals surface area contributed by atoms with Crippen molar-refractivity contribution in [3.05, 3.63) is 24.0 Å². The van der Waals surface area contributed by atoms with Crippen molar-refractivity contribution in [2.24, 2.45) is 5.41 Å². The number of piperidine rings is 2. The van der Waals surface area contributed by atoms with Gasteiger partial charge in [-0.15, -0.1) is 0 Å². The zero-order chi connectivity index (χ0) is 17.7. The van der Waals surface area contributed by atoms with Crippen molar-refractivity contribution >= 4 is 17.6 Å². The fraction of sp³-hybridized carbons (Fsp3) is 0.632. The number of anilines is 3. The molecule has 2 saturated carbocycles. The van der Waals surface area contributed by atoms with E-state index in [1.807, 2.05) is 13.0 Å². The second kappa shape index (κ2) is 5.94. The number of aliphatic hydroxyl groups is 1. The fourth-order valence-electron chi connectivity index (χ4n) is 4.59. The second-order valence-electron chi connectivity index (χ2n) is 8.25. The van der Waals surface area contributed by atoms with Crippen LogP contribution in [-0.4, -0.2) is 44.0 Å². The van der Waals surface area contributed by atoms with Gasteiger partial charge in [-0.05, 0) is 51.5 Å². The molecule has 7 nitrogen and oxygen atoms in total. The molecule has 0 spiro atoms. The molecule has 138 valence electrons. The maximum absolute atomic E-state index is 10.3. The van der Waals surface area contributed by atoms with Crippen LogP contribution in [0.3, 0.4) is 0 Å². The number of nitrogens with one attached hydrogen (secondary N) is 2. The van der Waals surface area contributed by atoms with E-state index in [-0.39, 0.29) is 11.5 Å². The first-order valence-electron chi connectivity index (χ1n) is 9.73. The number of hydrogen-bond donors (Lipinski definition) is 3. The van der Waals surface area contributed by atoms with Crippen LogP contribution in [0.15, 0.2) is 18.3 Å². The lowest BCUT2D eigenvalue weighted by molar-refractivity contribution is -0.0132. The smallest absolute Gasteiger partial charge is 0.227 e. The Morgan fingerprint density at radius 1 is 1.27 bits per heavy atom. The third-order valence-corrected chi connectivity index (χ3v) is 6.53. The molecular formula is C19H26N6O. The summed E-state index contributed by atoms with van der Waals surface area (Å²) in [5.41, 5.74) is 1.19. The summed E-state index contributed by atoms with van der Waals surface area (Å²) in [6.07, 6.45) is 8.42. The fourth-order valence-corrected chi connectivity index (χ4v) is 4.59. The average Bonchev–Trinajstić information content (AvgIpc) is 3.42. The predicted octanol–water partition coefficient (Wildman–Crippen LogP) is 2.95. The number of rotatable bonds is 5. The molecular weight excluding hydrogens is 328 g/mol. The monoisotopic (exact) mass is 354 g/mol. The highest BCUT2D eigenvalue weighted by Gasteiger charge is 2.48. The largest absolute Gasteiger partial charge is 0.393 e. The number of aromatic nitrogens is 4. The molecule has 6 rings (SSSR count). The molecule has 1 atom stereocenters. The Morgan fingerprint density at radius 2 is 2.08 bits per heavy atom. The SMILES string of the molecule is CC(O)C12CCC(CC1)N(c1nccc(Nc3cc(C4CC4)[nH]n3)n1)C2. The molecule has 2 aromatic rings. The van der Waals surface area contributed by atoms with Crippen molar-refractivity contribution in [3.63, 3.8) is 0 Å². The molecule has 4 heterocycles. The zero-order valence-electron chi connectivity index (χ0n) is 15.1. The number of aromatic amines is 1. The highest BCUT2D eigenvalue weighted by atomic mass is 16.3. The number of fused-ring (bicyclic) bond motifs is 3. The van der Waals surface area contributed by atoms with Crippen LogP contribution in [0.5, 0.6) is 0 Å². The predicted molar refractivity (Wildman–Crippen MR) is 99.6 cm³/mol. The van der Waals surface area contributed by atoms with Crippen LogP contribution in [0.4, 0.5) is 17.6 Å². The van der Waals surface area contributed by atoms with Gasteiger partial charge in [-0.3, -0.25) is 5.10 Å². The Bertz CT molecular complexity index is 791. The number of H-pyrrole nitrogens is 1. The van der Waals surface area contributed by atoms with Crippen molar-refractivity contribution in [1.29, 1.82) is 0 Å². The summed E-state index contributed by atoms with van der Waals surface area (Å²) in [6, 6.07) is 4.43.